The van der Waals surface area contributed by atoms with Crippen molar-refractivity contribution in [3.63, 3.8) is 0 Å². The van der Waals surface area contributed by atoms with Crippen LogP contribution in [0, 0.1) is 6.92 Å². The van der Waals surface area contributed by atoms with Crippen LogP contribution in [-0.2, 0) is 14.3 Å². The number of hydrogen-bond donors (Lipinski definition) is 2. The number of aliphatic hydroxyl groups is 1. The van der Waals surface area contributed by atoms with E-state index in [2.05, 4.69) is 4.90 Å². The lowest BCUT2D eigenvalue weighted by Gasteiger charge is -2.29. The first-order chi connectivity index (χ1) is 16.4. The first kappa shape index (κ1) is 23.8. The minimum atomic E-state index is -0.743. The summed E-state index contributed by atoms with van der Waals surface area (Å²) in [7, 11) is 1.56. The Kier molecular flexibility index (Phi) is 7.19. The smallest absolute Gasteiger partial charge is 0.295 e. The molecule has 2 N–H and O–H groups in total. The fourth-order valence-corrected chi connectivity index (χ4v) is 4.58. The van der Waals surface area contributed by atoms with Gasteiger partial charge in [-0.15, -0.1) is 0 Å². The molecule has 0 aromatic heterocycles. The Labute approximate surface area is 199 Å². The van der Waals surface area contributed by atoms with Crippen molar-refractivity contribution >= 4 is 17.4 Å². The lowest BCUT2D eigenvalue weighted by atomic mass is 9.94. The number of morpholine rings is 1. The second kappa shape index (κ2) is 10.3. The Morgan fingerprint density at radius 3 is 2.44 bits per heavy atom. The number of aliphatic hydroxyl groups excluding tert-OH is 1. The molecule has 0 saturated carbocycles. The Bertz CT molecular complexity index is 1090. The number of amides is 1. The summed E-state index contributed by atoms with van der Waals surface area (Å²) in [6.07, 6.45) is 0.684. The maximum atomic E-state index is 13.1. The van der Waals surface area contributed by atoms with Crippen molar-refractivity contribution in [2.24, 2.45) is 0 Å². The molecule has 1 amide bonds. The third-order valence-electron chi connectivity index (χ3n) is 6.39. The SMILES string of the molecule is COc1ccc(/C(O)=C2\C(=O)C(=O)N(CCCN3CCOCC3)[C@H]2c2ccc(O)cc2)cc1C. The van der Waals surface area contributed by atoms with E-state index in [1.165, 1.54) is 17.0 Å². The molecule has 2 aromatic carbocycles. The molecule has 8 heteroatoms. The topological polar surface area (TPSA) is 99.5 Å². The van der Waals surface area contributed by atoms with Crippen LogP contribution in [0.2, 0.25) is 0 Å². The van der Waals surface area contributed by atoms with E-state index in [1.807, 2.05) is 6.92 Å². The number of ether oxygens (including phenoxy) is 2. The van der Waals surface area contributed by atoms with Gasteiger partial charge in [-0.1, -0.05) is 12.1 Å². The number of hydrogen-bond acceptors (Lipinski definition) is 7. The average molecular weight is 467 g/mol. The first-order valence-corrected chi connectivity index (χ1v) is 11.4. The fourth-order valence-electron chi connectivity index (χ4n) is 4.58. The van der Waals surface area contributed by atoms with Crippen LogP contribution in [0.5, 0.6) is 11.5 Å². The van der Waals surface area contributed by atoms with Crippen LogP contribution < -0.4 is 4.74 Å². The standard InChI is InChI=1S/C26H30N2O6/c1-17-16-19(6-9-21(17)33-2)24(30)22-23(18-4-7-20(29)8-5-18)28(26(32)25(22)31)11-3-10-27-12-14-34-15-13-27/h4-9,16,23,29-30H,3,10-15H2,1-2H3/b24-22+/t23-/m0/s1. The quantitative estimate of drug-likeness (QED) is 0.368. The number of likely N-dealkylation sites (tertiary alicyclic amines) is 1. The largest absolute Gasteiger partial charge is 0.508 e. The van der Waals surface area contributed by atoms with Crippen LogP contribution in [0.3, 0.4) is 0 Å². The minimum absolute atomic E-state index is 0.0478. The van der Waals surface area contributed by atoms with Crippen molar-refractivity contribution < 1.29 is 29.3 Å². The molecule has 34 heavy (non-hydrogen) atoms. The molecule has 0 radical (unpaired) electrons. The lowest BCUT2D eigenvalue weighted by molar-refractivity contribution is -0.140. The Hall–Kier alpha value is -3.36. The molecule has 2 aromatic rings. The van der Waals surface area contributed by atoms with E-state index in [-0.39, 0.29) is 17.1 Å². The van der Waals surface area contributed by atoms with Gasteiger partial charge < -0.3 is 24.6 Å². The van der Waals surface area contributed by atoms with Crippen molar-refractivity contribution in [3.05, 3.63) is 64.7 Å². The molecule has 2 aliphatic rings. The van der Waals surface area contributed by atoms with E-state index in [0.717, 1.165) is 25.2 Å². The summed E-state index contributed by atoms with van der Waals surface area (Å²) < 4.78 is 10.7. The number of Topliss-reactive ketones (excluding diaryl/α,β-unsaturated/α-hetero) is 1. The van der Waals surface area contributed by atoms with Crippen LogP contribution in [0.4, 0.5) is 0 Å². The van der Waals surface area contributed by atoms with Crippen molar-refractivity contribution in [2.45, 2.75) is 19.4 Å². The van der Waals surface area contributed by atoms with Crippen molar-refractivity contribution in [3.8, 4) is 11.5 Å². The van der Waals surface area contributed by atoms with Gasteiger partial charge in [0.1, 0.15) is 17.3 Å². The molecule has 2 fully saturated rings. The number of aromatic hydroxyl groups is 1. The monoisotopic (exact) mass is 466 g/mol. The number of rotatable bonds is 7. The third kappa shape index (κ3) is 4.78. The van der Waals surface area contributed by atoms with Gasteiger partial charge in [0.25, 0.3) is 11.7 Å². The number of benzene rings is 2. The van der Waals surface area contributed by atoms with Gasteiger partial charge in [-0.3, -0.25) is 14.5 Å². The van der Waals surface area contributed by atoms with Crippen LogP contribution in [-0.4, -0.2) is 78.2 Å². The summed E-state index contributed by atoms with van der Waals surface area (Å²) in [6, 6.07) is 10.8. The summed E-state index contributed by atoms with van der Waals surface area (Å²) >= 11 is 0. The van der Waals surface area contributed by atoms with E-state index in [1.54, 1.807) is 37.4 Å². The number of carbonyl (C=O) groups is 2. The molecule has 2 heterocycles. The van der Waals surface area contributed by atoms with E-state index in [0.29, 0.717) is 43.1 Å². The van der Waals surface area contributed by atoms with Gasteiger partial charge in [-0.2, -0.15) is 0 Å². The number of ketones is 1. The lowest BCUT2D eigenvalue weighted by Crippen LogP contribution is -2.38. The molecular formula is C26H30N2O6. The number of methoxy groups -OCH3 is 1. The van der Waals surface area contributed by atoms with Crippen molar-refractivity contribution in [1.82, 2.24) is 9.80 Å². The normalized spacial score (nSPS) is 20.6. The maximum Gasteiger partial charge on any atom is 0.295 e. The molecule has 0 aliphatic carbocycles. The molecule has 4 rings (SSSR count). The molecule has 0 bridgehead atoms. The van der Waals surface area contributed by atoms with Gasteiger partial charge in [0.2, 0.25) is 0 Å². The fraction of sp³-hybridized carbons (Fsp3) is 0.385. The zero-order valence-corrected chi connectivity index (χ0v) is 19.5. The number of phenols is 1. The molecule has 8 nitrogen and oxygen atoms in total. The predicted molar refractivity (Wildman–Crippen MR) is 127 cm³/mol. The molecular weight excluding hydrogens is 436 g/mol. The molecule has 180 valence electrons. The van der Waals surface area contributed by atoms with Crippen LogP contribution in [0.25, 0.3) is 5.76 Å². The first-order valence-electron chi connectivity index (χ1n) is 11.4. The number of carbonyl (C=O) groups excluding carboxylic acids is 2. The minimum Gasteiger partial charge on any atom is -0.508 e. The highest BCUT2D eigenvalue weighted by Gasteiger charge is 2.45. The predicted octanol–water partition coefficient (Wildman–Crippen LogP) is 2.85. The summed E-state index contributed by atoms with van der Waals surface area (Å²) in [5.74, 6) is -0.825. The zero-order chi connectivity index (χ0) is 24.2. The highest BCUT2D eigenvalue weighted by Crippen LogP contribution is 2.40. The molecule has 0 spiro atoms. The average Bonchev–Trinajstić information content (AvgIpc) is 3.09. The molecule has 0 unspecified atom stereocenters. The Balaban J connectivity index is 1.68. The molecule has 2 aliphatic heterocycles. The van der Waals surface area contributed by atoms with E-state index in [9.17, 15) is 19.8 Å². The number of nitrogens with zero attached hydrogens (tertiary/aromatic N) is 2. The van der Waals surface area contributed by atoms with Gasteiger partial charge in [-0.05, 0) is 54.8 Å². The number of phenolic OH excluding ortho intramolecular Hbond substituents is 1. The molecule has 1 atom stereocenters. The maximum absolute atomic E-state index is 13.1. The summed E-state index contributed by atoms with van der Waals surface area (Å²) in [6.45, 7) is 6.07. The van der Waals surface area contributed by atoms with E-state index in [4.69, 9.17) is 9.47 Å². The number of aryl methyl sites for hydroxylation is 1. The second-order valence-corrected chi connectivity index (χ2v) is 8.58. The van der Waals surface area contributed by atoms with Crippen molar-refractivity contribution in [2.75, 3.05) is 46.5 Å². The Morgan fingerprint density at radius 1 is 1.09 bits per heavy atom. The highest BCUT2D eigenvalue weighted by atomic mass is 16.5. The highest BCUT2D eigenvalue weighted by molar-refractivity contribution is 6.46. The Morgan fingerprint density at radius 2 is 1.79 bits per heavy atom. The van der Waals surface area contributed by atoms with Crippen LogP contribution >= 0.6 is 0 Å². The van der Waals surface area contributed by atoms with E-state index < -0.39 is 17.7 Å². The zero-order valence-electron chi connectivity index (χ0n) is 19.5. The summed E-state index contributed by atoms with van der Waals surface area (Å²) in [5.41, 5.74) is 1.93. The summed E-state index contributed by atoms with van der Waals surface area (Å²) in [4.78, 5) is 30.0. The van der Waals surface area contributed by atoms with Crippen LogP contribution in [0.1, 0.15) is 29.2 Å². The van der Waals surface area contributed by atoms with E-state index >= 15 is 0 Å². The van der Waals surface area contributed by atoms with Gasteiger partial charge in [0.15, 0.2) is 0 Å². The van der Waals surface area contributed by atoms with Gasteiger partial charge in [-0.25, -0.2) is 0 Å². The molecule has 2 saturated heterocycles. The van der Waals surface area contributed by atoms with Gasteiger partial charge >= 0.3 is 0 Å². The van der Waals surface area contributed by atoms with Crippen molar-refractivity contribution in [1.29, 1.82) is 0 Å². The second-order valence-electron chi connectivity index (χ2n) is 8.58. The van der Waals surface area contributed by atoms with Crippen LogP contribution in [0.15, 0.2) is 48.0 Å². The summed E-state index contributed by atoms with van der Waals surface area (Å²) in [5, 5.41) is 20.9. The third-order valence-corrected chi connectivity index (χ3v) is 6.39. The van der Waals surface area contributed by atoms with Gasteiger partial charge in [0.05, 0.1) is 31.9 Å². The van der Waals surface area contributed by atoms with Gasteiger partial charge in [0, 0.05) is 31.7 Å².